The van der Waals surface area contributed by atoms with Crippen LogP contribution in [0.1, 0.15) is 46.5 Å². The molecular weight excluding hydrogens is 187 g/mol. The van der Waals surface area contributed by atoms with E-state index < -0.39 is 0 Å². The summed E-state index contributed by atoms with van der Waals surface area (Å²) < 4.78 is 13.4. The molecule has 0 aliphatic heterocycles. The van der Waals surface area contributed by atoms with Gasteiger partial charge in [0.15, 0.2) is 0 Å². The first-order chi connectivity index (χ1) is 7.11. The minimum atomic E-state index is -0.181. The summed E-state index contributed by atoms with van der Waals surface area (Å²) in [5.74, 6) is 0.190. The fourth-order valence-electron chi connectivity index (χ4n) is 1.78. The lowest BCUT2D eigenvalue weighted by Crippen LogP contribution is -1.97. The van der Waals surface area contributed by atoms with Crippen LogP contribution in [0.3, 0.4) is 0 Å². The molecule has 0 spiro atoms. The second-order valence-electron chi connectivity index (χ2n) is 3.85. The van der Waals surface area contributed by atoms with Gasteiger partial charge in [-0.2, -0.15) is 0 Å². The van der Waals surface area contributed by atoms with Crippen molar-refractivity contribution in [2.45, 2.75) is 46.5 Å². The van der Waals surface area contributed by atoms with E-state index in [0.717, 1.165) is 18.4 Å². The van der Waals surface area contributed by atoms with Crippen LogP contribution < -0.4 is 0 Å². The molecule has 0 N–H and O–H groups in total. The van der Waals surface area contributed by atoms with Crippen molar-refractivity contribution in [3.05, 3.63) is 36.2 Å². The third-order valence-electron chi connectivity index (χ3n) is 2.53. The van der Waals surface area contributed by atoms with Crippen LogP contribution in [0.2, 0.25) is 0 Å². The van der Waals surface area contributed by atoms with E-state index in [1.54, 1.807) is 6.92 Å². The molecule has 1 aliphatic rings. The van der Waals surface area contributed by atoms with Crippen molar-refractivity contribution in [1.29, 1.82) is 0 Å². The SMILES string of the molecule is C=C(C)/C=C(/F)C(=C)C1CCCC1.CC. The number of hydrogen-bond donors (Lipinski definition) is 0. The summed E-state index contributed by atoms with van der Waals surface area (Å²) in [6.07, 6.45) is 6.08. The lowest BCUT2D eigenvalue weighted by atomic mass is 9.97. The van der Waals surface area contributed by atoms with E-state index in [2.05, 4.69) is 13.2 Å². The van der Waals surface area contributed by atoms with Crippen LogP contribution in [0.5, 0.6) is 0 Å². The molecule has 1 heteroatoms. The molecule has 0 atom stereocenters. The largest absolute Gasteiger partial charge is 0.207 e. The summed E-state index contributed by atoms with van der Waals surface area (Å²) in [6.45, 7) is 13.2. The first kappa shape index (κ1) is 14.2. The van der Waals surface area contributed by atoms with Crippen molar-refractivity contribution in [3.63, 3.8) is 0 Å². The standard InChI is InChI=1S/C12H17F.C2H6/c1-9(2)8-12(13)10(3)11-6-4-5-7-11;1-2/h8,11H,1,3-7H2,2H3;1-2H3/b12-8+;. The van der Waals surface area contributed by atoms with E-state index in [1.165, 1.54) is 18.9 Å². The molecule has 0 nitrogen and oxygen atoms in total. The molecule has 1 fully saturated rings. The van der Waals surface area contributed by atoms with Gasteiger partial charge in [0.25, 0.3) is 0 Å². The van der Waals surface area contributed by atoms with Crippen molar-refractivity contribution in [2.75, 3.05) is 0 Å². The molecule has 0 saturated heterocycles. The first-order valence-corrected chi connectivity index (χ1v) is 5.83. The summed E-state index contributed by atoms with van der Waals surface area (Å²) in [6, 6.07) is 0. The van der Waals surface area contributed by atoms with Crippen molar-refractivity contribution in [3.8, 4) is 0 Å². The van der Waals surface area contributed by atoms with Crippen LogP contribution in [0, 0.1) is 5.92 Å². The average molecular weight is 210 g/mol. The van der Waals surface area contributed by atoms with E-state index >= 15 is 0 Å². The molecule has 0 amide bonds. The van der Waals surface area contributed by atoms with Crippen molar-refractivity contribution in [1.82, 2.24) is 0 Å². The smallest absolute Gasteiger partial charge is 0.126 e. The number of allylic oxidation sites excluding steroid dienone is 4. The number of rotatable bonds is 3. The Morgan fingerprint density at radius 1 is 1.20 bits per heavy atom. The zero-order valence-electron chi connectivity index (χ0n) is 10.3. The minimum absolute atomic E-state index is 0.181. The molecular formula is C14H23F. The van der Waals surface area contributed by atoms with E-state index in [9.17, 15) is 4.39 Å². The highest BCUT2D eigenvalue weighted by atomic mass is 19.1. The van der Waals surface area contributed by atoms with Gasteiger partial charge in [0.1, 0.15) is 5.83 Å². The van der Waals surface area contributed by atoms with Gasteiger partial charge in [-0.15, -0.1) is 0 Å². The Hall–Kier alpha value is -0.850. The van der Waals surface area contributed by atoms with Gasteiger partial charge in [-0.3, -0.25) is 0 Å². The van der Waals surface area contributed by atoms with Gasteiger partial charge in [0.2, 0.25) is 0 Å². The fraction of sp³-hybridized carbons (Fsp3) is 0.571. The van der Waals surface area contributed by atoms with Crippen LogP contribution >= 0.6 is 0 Å². The lowest BCUT2D eigenvalue weighted by molar-refractivity contribution is 0.570. The van der Waals surface area contributed by atoms with E-state index in [0.29, 0.717) is 11.5 Å². The van der Waals surface area contributed by atoms with E-state index in [1.807, 2.05) is 13.8 Å². The lowest BCUT2D eigenvalue weighted by Gasteiger charge is -2.10. The molecule has 0 aromatic rings. The Morgan fingerprint density at radius 2 is 1.67 bits per heavy atom. The normalized spacial score (nSPS) is 16.9. The summed E-state index contributed by atoms with van der Waals surface area (Å²) in [5.41, 5.74) is 1.41. The molecule has 86 valence electrons. The van der Waals surface area contributed by atoms with Crippen molar-refractivity contribution >= 4 is 0 Å². The minimum Gasteiger partial charge on any atom is -0.207 e. The van der Waals surface area contributed by atoms with E-state index in [-0.39, 0.29) is 5.83 Å². The summed E-state index contributed by atoms with van der Waals surface area (Å²) in [4.78, 5) is 0. The average Bonchev–Trinajstić information content (AvgIpc) is 2.71. The van der Waals surface area contributed by atoms with Gasteiger partial charge < -0.3 is 0 Å². The topological polar surface area (TPSA) is 0 Å². The summed E-state index contributed by atoms with van der Waals surface area (Å²) in [5, 5.41) is 0. The van der Waals surface area contributed by atoms with Gasteiger partial charge in [-0.05, 0) is 37.3 Å². The van der Waals surface area contributed by atoms with Gasteiger partial charge in [-0.25, -0.2) is 4.39 Å². The Balaban J connectivity index is 0.000000921. The third kappa shape index (κ3) is 4.96. The van der Waals surface area contributed by atoms with Crippen LogP contribution in [-0.2, 0) is 0 Å². The van der Waals surface area contributed by atoms with E-state index in [4.69, 9.17) is 0 Å². The third-order valence-corrected chi connectivity index (χ3v) is 2.53. The predicted octanol–water partition coefficient (Wildman–Crippen LogP) is 5.19. The number of hydrogen-bond acceptors (Lipinski definition) is 0. The molecule has 0 bridgehead atoms. The maximum absolute atomic E-state index is 13.4. The molecule has 0 aromatic carbocycles. The maximum atomic E-state index is 13.4. The number of halogens is 1. The van der Waals surface area contributed by atoms with Crippen LogP contribution in [-0.4, -0.2) is 0 Å². The quantitative estimate of drug-likeness (QED) is 0.562. The molecule has 1 aliphatic carbocycles. The highest BCUT2D eigenvalue weighted by Gasteiger charge is 2.20. The zero-order chi connectivity index (χ0) is 11.8. The molecule has 0 radical (unpaired) electrons. The molecule has 15 heavy (non-hydrogen) atoms. The predicted molar refractivity (Wildman–Crippen MR) is 66.5 cm³/mol. The van der Waals surface area contributed by atoms with Gasteiger partial charge in [0.05, 0.1) is 0 Å². The second-order valence-corrected chi connectivity index (χ2v) is 3.85. The van der Waals surface area contributed by atoms with Gasteiger partial charge >= 0.3 is 0 Å². The van der Waals surface area contributed by atoms with Gasteiger partial charge in [-0.1, -0.05) is 45.4 Å². The second kappa shape index (κ2) is 7.44. The van der Waals surface area contributed by atoms with Crippen molar-refractivity contribution < 1.29 is 4.39 Å². The zero-order valence-corrected chi connectivity index (χ0v) is 10.3. The molecule has 0 heterocycles. The Bertz CT molecular complexity index is 242. The van der Waals surface area contributed by atoms with Crippen molar-refractivity contribution in [2.24, 2.45) is 5.92 Å². The van der Waals surface area contributed by atoms with Crippen LogP contribution in [0.15, 0.2) is 36.2 Å². The van der Waals surface area contributed by atoms with Crippen LogP contribution in [0.4, 0.5) is 4.39 Å². The Morgan fingerprint density at radius 3 is 2.07 bits per heavy atom. The first-order valence-electron chi connectivity index (χ1n) is 5.83. The highest BCUT2D eigenvalue weighted by Crippen LogP contribution is 2.34. The molecule has 0 aromatic heterocycles. The van der Waals surface area contributed by atoms with Gasteiger partial charge in [0, 0.05) is 0 Å². The molecule has 0 unspecified atom stereocenters. The van der Waals surface area contributed by atoms with Crippen LogP contribution in [0.25, 0.3) is 0 Å². The Kier molecular flexibility index (Phi) is 7.02. The molecule has 1 rings (SSSR count). The Labute approximate surface area is 93.6 Å². The maximum Gasteiger partial charge on any atom is 0.126 e. The summed E-state index contributed by atoms with van der Waals surface area (Å²) in [7, 11) is 0. The highest BCUT2D eigenvalue weighted by molar-refractivity contribution is 5.30. The summed E-state index contributed by atoms with van der Waals surface area (Å²) >= 11 is 0. The fourth-order valence-corrected chi connectivity index (χ4v) is 1.78. The monoisotopic (exact) mass is 210 g/mol. The molecule has 1 saturated carbocycles.